The zero-order chi connectivity index (χ0) is 8.81. The maximum atomic E-state index is 8.14. The standard InChI is InChI=1S/C8H12N4/c1-2-5-12-6-3-4-8(12)7-10-11-9/h1,8H,3-7H2/t8-/m0/s1. The topological polar surface area (TPSA) is 52.0 Å². The Balaban J connectivity index is 2.41. The van der Waals surface area contributed by atoms with Crippen LogP contribution in [-0.2, 0) is 0 Å². The van der Waals surface area contributed by atoms with E-state index in [0.29, 0.717) is 19.1 Å². The largest absolute Gasteiger partial charge is 0.289 e. The summed E-state index contributed by atoms with van der Waals surface area (Å²) < 4.78 is 0. The molecule has 1 rings (SSSR count). The summed E-state index contributed by atoms with van der Waals surface area (Å²) in [7, 11) is 0. The molecule has 0 aromatic heterocycles. The fourth-order valence-corrected chi connectivity index (χ4v) is 1.56. The molecule has 1 fully saturated rings. The van der Waals surface area contributed by atoms with Crippen molar-refractivity contribution in [3.05, 3.63) is 10.4 Å². The van der Waals surface area contributed by atoms with Crippen molar-refractivity contribution in [2.24, 2.45) is 5.11 Å². The lowest BCUT2D eigenvalue weighted by molar-refractivity contribution is 0.290. The van der Waals surface area contributed by atoms with Gasteiger partial charge in [0.1, 0.15) is 0 Å². The molecule has 0 spiro atoms. The van der Waals surface area contributed by atoms with Gasteiger partial charge < -0.3 is 0 Å². The maximum Gasteiger partial charge on any atom is 0.0601 e. The van der Waals surface area contributed by atoms with Gasteiger partial charge in [-0.15, -0.1) is 6.42 Å². The summed E-state index contributed by atoms with van der Waals surface area (Å²) in [5.74, 6) is 2.61. The van der Waals surface area contributed by atoms with Gasteiger partial charge in [0.05, 0.1) is 6.54 Å². The third kappa shape index (κ3) is 2.16. The van der Waals surface area contributed by atoms with Crippen molar-refractivity contribution in [3.63, 3.8) is 0 Å². The molecule has 0 bridgehead atoms. The molecular weight excluding hydrogens is 152 g/mol. The van der Waals surface area contributed by atoms with E-state index in [0.717, 1.165) is 19.4 Å². The van der Waals surface area contributed by atoms with Gasteiger partial charge in [-0.3, -0.25) is 4.90 Å². The first-order valence-corrected chi connectivity index (χ1v) is 4.07. The Bertz CT molecular complexity index is 224. The Labute approximate surface area is 72.2 Å². The van der Waals surface area contributed by atoms with Crippen molar-refractivity contribution in [2.75, 3.05) is 19.6 Å². The Hall–Kier alpha value is -1.17. The summed E-state index contributed by atoms with van der Waals surface area (Å²) in [5.41, 5.74) is 8.14. The Morgan fingerprint density at radius 2 is 2.58 bits per heavy atom. The van der Waals surface area contributed by atoms with Crippen LogP contribution in [0, 0.1) is 12.3 Å². The van der Waals surface area contributed by atoms with Gasteiger partial charge in [0.25, 0.3) is 0 Å². The van der Waals surface area contributed by atoms with Crippen molar-refractivity contribution < 1.29 is 0 Å². The number of hydrogen-bond donors (Lipinski definition) is 0. The molecule has 0 aromatic carbocycles. The highest BCUT2D eigenvalue weighted by molar-refractivity contribution is 4.93. The monoisotopic (exact) mass is 164 g/mol. The zero-order valence-electron chi connectivity index (χ0n) is 6.98. The summed E-state index contributed by atoms with van der Waals surface area (Å²) in [6.07, 6.45) is 7.46. The molecule has 4 heteroatoms. The molecule has 0 saturated carbocycles. The molecule has 12 heavy (non-hydrogen) atoms. The summed E-state index contributed by atoms with van der Waals surface area (Å²) in [4.78, 5) is 4.93. The fourth-order valence-electron chi connectivity index (χ4n) is 1.56. The van der Waals surface area contributed by atoms with Crippen LogP contribution in [0.3, 0.4) is 0 Å². The van der Waals surface area contributed by atoms with Crippen LogP contribution in [0.1, 0.15) is 12.8 Å². The van der Waals surface area contributed by atoms with Crippen LogP contribution >= 0.6 is 0 Å². The van der Waals surface area contributed by atoms with E-state index in [1.165, 1.54) is 0 Å². The molecular formula is C8H12N4. The van der Waals surface area contributed by atoms with E-state index < -0.39 is 0 Å². The normalized spacial score (nSPS) is 23.1. The van der Waals surface area contributed by atoms with Crippen LogP contribution in [-0.4, -0.2) is 30.6 Å². The van der Waals surface area contributed by atoms with E-state index in [1.807, 2.05) is 0 Å². The number of azide groups is 1. The zero-order valence-corrected chi connectivity index (χ0v) is 6.98. The average molecular weight is 164 g/mol. The van der Waals surface area contributed by atoms with Crippen molar-refractivity contribution in [2.45, 2.75) is 18.9 Å². The molecule has 1 atom stereocenters. The lowest BCUT2D eigenvalue weighted by atomic mass is 10.2. The highest BCUT2D eigenvalue weighted by Crippen LogP contribution is 2.16. The van der Waals surface area contributed by atoms with E-state index in [2.05, 4.69) is 20.8 Å². The maximum absolute atomic E-state index is 8.14. The number of likely N-dealkylation sites (tertiary alicyclic amines) is 1. The van der Waals surface area contributed by atoms with Crippen molar-refractivity contribution in [1.29, 1.82) is 0 Å². The molecule has 64 valence electrons. The highest BCUT2D eigenvalue weighted by Gasteiger charge is 2.22. The van der Waals surface area contributed by atoms with Gasteiger partial charge in [-0.05, 0) is 24.9 Å². The minimum atomic E-state index is 0.372. The molecule has 0 unspecified atom stereocenters. The third-order valence-electron chi connectivity index (χ3n) is 2.15. The van der Waals surface area contributed by atoms with Crippen LogP contribution in [0.15, 0.2) is 5.11 Å². The molecule has 0 amide bonds. The van der Waals surface area contributed by atoms with Crippen molar-refractivity contribution >= 4 is 0 Å². The van der Waals surface area contributed by atoms with Crippen molar-refractivity contribution in [3.8, 4) is 12.3 Å². The second kappa shape index (κ2) is 4.66. The predicted octanol–water partition coefficient (Wildman–Crippen LogP) is 1.39. The van der Waals surface area contributed by atoms with Crippen molar-refractivity contribution in [1.82, 2.24) is 4.90 Å². The van der Waals surface area contributed by atoms with Crippen LogP contribution < -0.4 is 0 Å². The lowest BCUT2D eigenvalue weighted by Gasteiger charge is -2.19. The van der Waals surface area contributed by atoms with Gasteiger partial charge in [-0.25, -0.2) is 0 Å². The first kappa shape index (κ1) is 8.92. The molecule has 1 saturated heterocycles. The molecule has 1 aliphatic heterocycles. The lowest BCUT2D eigenvalue weighted by Crippen LogP contribution is -2.31. The van der Waals surface area contributed by atoms with E-state index in [9.17, 15) is 0 Å². The van der Waals surface area contributed by atoms with Gasteiger partial charge in [-0.2, -0.15) is 0 Å². The Morgan fingerprint density at radius 3 is 3.25 bits per heavy atom. The van der Waals surface area contributed by atoms with Crippen LogP contribution in [0.4, 0.5) is 0 Å². The molecule has 0 N–H and O–H groups in total. The van der Waals surface area contributed by atoms with Gasteiger partial charge in [-0.1, -0.05) is 11.0 Å². The number of hydrogen-bond acceptors (Lipinski definition) is 2. The average Bonchev–Trinajstić information content (AvgIpc) is 2.50. The van der Waals surface area contributed by atoms with Gasteiger partial charge >= 0.3 is 0 Å². The first-order valence-electron chi connectivity index (χ1n) is 4.07. The molecule has 1 aliphatic rings. The van der Waals surface area contributed by atoms with E-state index in [1.54, 1.807) is 0 Å². The Morgan fingerprint density at radius 1 is 1.75 bits per heavy atom. The van der Waals surface area contributed by atoms with Gasteiger partial charge in [0.2, 0.25) is 0 Å². The molecule has 4 nitrogen and oxygen atoms in total. The SMILES string of the molecule is C#CCN1CCC[C@H]1CN=[N+]=[N-]. The highest BCUT2D eigenvalue weighted by atomic mass is 15.2. The smallest absolute Gasteiger partial charge is 0.0601 e. The van der Waals surface area contributed by atoms with Gasteiger partial charge in [0, 0.05) is 17.5 Å². The molecule has 0 radical (unpaired) electrons. The summed E-state index contributed by atoms with van der Waals surface area (Å²) in [6.45, 7) is 2.26. The summed E-state index contributed by atoms with van der Waals surface area (Å²) >= 11 is 0. The number of terminal acetylenes is 1. The number of nitrogens with zero attached hydrogens (tertiary/aromatic N) is 4. The van der Waals surface area contributed by atoms with E-state index >= 15 is 0 Å². The van der Waals surface area contributed by atoms with Crippen LogP contribution in [0.25, 0.3) is 10.4 Å². The second-order valence-corrected chi connectivity index (χ2v) is 2.88. The minimum absolute atomic E-state index is 0.372. The molecule has 1 heterocycles. The summed E-state index contributed by atoms with van der Waals surface area (Å²) in [5, 5.41) is 3.56. The fraction of sp³-hybridized carbons (Fsp3) is 0.750. The molecule has 0 aromatic rings. The van der Waals surface area contributed by atoms with E-state index in [-0.39, 0.29) is 0 Å². The quantitative estimate of drug-likeness (QED) is 0.269. The van der Waals surface area contributed by atoms with Crippen LogP contribution in [0.5, 0.6) is 0 Å². The van der Waals surface area contributed by atoms with E-state index in [4.69, 9.17) is 12.0 Å². The predicted molar refractivity (Wildman–Crippen MR) is 47.4 cm³/mol. The minimum Gasteiger partial charge on any atom is -0.289 e. The van der Waals surface area contributed by atoms with Gasteiger partial charge in [0.15, 0.2) is 0 Å². The Kier molecular flexibility index (Phi) is 3.46. The second-order valence-electron chi connectivity index (χ2n) is 2.88. The third-order valence-corrected chi connectivity index (χ3v) is 2.15. The first-order chi connectivity index (χ1) is 5.88. The van der Waals surface area contributed by atoms with Crippen LogP contribution in [0.2, 0.25) is 0 Å². The number of rotatable bonds is 3. The molecule has 0 aliphatic carbocycles. The summed E-state index contributed by atoms with van der Waals surface area (Å²) in [6, 6.07) is 0.372.